The lowest BCUT2D eigenvalue weighted by Gasteiger charge is -2.17. The summed E-state index contributed by atoms with van der Waals surface area (Å²) in [5.41, 5.74) is 1.43. The Morgan fingerprint density at radius 1 is 1.54 bits per heavy atom. The van der Waals surface area contributed by atoms with Crippen molar-refractivity contribution in [2.75, 3.05) is 0 Å². The molecule has 74 valence electrons. The van der Waals surface area contributed by atoms with Gasteiger partial charge in [-0.25, -0.2) is 0 Å². The molecular weight excluding hydrogens is 164 g/mol. The largest absolute Gasteiger partial charge is 0.462 e. The van der Waals surface area contributed by atoms with Crippen molar-refractivity contribution in [1.29, 1.82) is 0 Å². The van der Waals surface area contributed by atoms with Crippen LogP contribution in [0.3, 0.4) is 0 Å². The van der Waals surface area contributed by atoms with Crippen LogP contribution in [0.25, 0.3) is 0 Å². The van der Waals surface area contributed by atoms with Gasteiger partial charge in [0.2, 0.25) is 0 Å². The first-order chi connectivity index (χ1) is 6.18. The van der Waals surface area contributed by atoms with Gasteiger partial charge < -0.3 is 4.74 Å². The minimum absolute atomic E-state index is 0.118. The lowest BCUT2D eigenvalue weighted by molar-refractivity contribution is -0.146. The number of hydrogen-bond acceptors (Lipinski definition) is 2. The van der Waals surface area contributed by atoms with Gasteiger partial charge in [0.1, 0.15) is 6.10 Å². The number of allylic oxidation sites excluding steroid dienone is 1. The second-order valence-electron chi connectivity index (χ2n) is 3.76. The molecule has 0 amide bonds. The molecule has 0 aromatic heterocycles. The summed E-state index contributed by atoms with van der Waals surface area (Å²) in [7, 11) is 0. The van der Waals surface area contributed by atoms with Crippen LogP contribution in [0.15, 0.2) is 11.6 Å². The number of carbonyl (C=O) groups excluding carboxylic acids is 1. The normalized spacial score (nSPS) is 24.2. The van der Waals surface area contributed by atoms with Gasteiger partial charge in [0.15, 0.2) is 0 Å². The average Bonchev–Trinajstić information content (AvgIpc) is 2.03. The molecule has 0 spiro atoms. The first kappa shape index (κ1) is 10.3. The summed E-state index contributed by atoms with van der Waals surface area (Å²) >= 11 is 0. The third-order valence-corrected chi connectivity index (χ3v) is 2.41. The molecule has 2 heteroatoms. The zero-order valence-electron chi connectivity index (χ0n) is 8.51. The van der Waals surface area contributed by atoms with Crippen molar-refractivity contribution in [3.05, 3.63) is 11.6 Å². The third kappa shape index (κ3) is 4.11. The van der Waals surface area contributed by atoms with E-state index in [-0.39, 0.29) is 12.1 Å². The Hall–Kier alpha value is -0.790. The Bertz CT molecular complexity index is 206. The Balaban J connectivity index is 2.45. The smallest absolute Gasteiger partial charge is 0.302 e. The van der Waals surface area contributed by atoms with Crippen molar-refractivity contribution in [2.24, 2.45) is 0 Å². The maximum absolute atomic E-state index is 10.7. The standard InChI is InChI=1S/C11H18O2/c1-9-5-3-4-6-11(8-7-9)13-10(2)12/h7,11H,3-6,8H2,1-2H3. The second kappa shape index (κ2) is 5.05. The number of hydrogen-bond donors (Lipinski definition) is 0. The van der Waals surface area contributed by atoms with E-state index < -0.39 is 0 Å². The molecule has 0 aromatic rings. The van der Waals surface area contributed by atoms with Crippen LogP contribution in [0.5, 0.6) is 0 Å². The number of ether oxygens (including phenoxy) is 1. The molecule has 0 bridgehead atoms. The van der Waals surface area contributed by atoms with Crippen molar-refractivity contribution in [2.45, 2.75) is 52.1 Å². The van der Waals surface area contributed by atoms with E-state index in [9.17, 15) is 4.79 Å². The van der Waals surface area contributed by atoms with Crippen molar-refractivity contribution >= 4 is 5.97 Å². The molecule has 0 N–H and O–H groups in total. The number of esters is 1. The summed E-state index contributed by atoms with van der Waals surface area (Å²) in [6.07, 6.45) is 7.82. The van der Waals surface area contributed by atoms with Crippen LogP contribution >= 0.6 is 0 Å². The first-order valence-corrected chi connectivity index (χ1v) is 5.01. The molecule has 0 heterocycles. The highest BCUT2D eigenvalue weighted by molar-refractivity contribution is 5.66. The van der Waals surface area contributed by atoms with Gasteiger partial charge in [0, 0.05) is 13.3 Å². The van der Waals surface area contributed by atoms with Crippen molar-refractivity contribution < 1.29 is 9.53 Å². The molecule has 1 atom stereocenters. The van der Waals surface area contributed by atoms with E-state index in [0.717, 1.165) is 12.8 Å². The van der Waals surface area contributed by atoms with E-state index in [1.165, 1.54) is 31.8 Å². The summed E-state index contributed by atoms with van der Waals surface area (Å²) in [5, 5.41) is 0. The second-order valence-corrected chi connectivity index (χ2v) is 3.76. The fourth-order valence-corrected chi connectivity index (χ4v) is 1.67. The van der Waals surface area contributed by atoms with Gasteiger partial charge in [-0.2, -0.15) is 0 Å². The lowest BCUT2D eigenvalue weighted by Crippen LogP contribution is -2.16. The van der Waals surface area contributed by atoms with Crippen LogP contribution in [-0.2, 0) is 9.53 Å². The van der Waals surface area contributed by atoms with E-state index in [2.05, 4.69) is 13.0 Å². The van der Waals surface area contributed by atoms with Crippen LogP contribution < -0.4 is 0 Å². The number of carbonyl (C=O) groups is 1. The molecule has 0 aliphatic heterocycles. The van der Waals surface area contributed by atoms with Gasteiger partial charge in [-0.15, -0.1) is 0 Å². The molecule has 13 heavy (non-hydrogen) atoms. The molecule has 0 saturated carbocycles. The average molecular weight is 182 g/mol. The van der Waals surface area contributed by atoms with Crippen molar-refractivity contribution in [1.82, 2.24) is 0 Å². The molecule has 0 aromatic carbocycles. The monoisotopic (exact) mass is 182 g/mol. The molecule has 1 unspecified atom stereocenters. The minimum Gasteiger partial charge on any atom is -0.462 e. The predicted molar refractivity (Wildman–Crippen MR) is 52.4 cm³/mol. The van der Waals surface area contributed by atoms with Gasteiger partial charge in [-0.05, 0) is 32.6 Å². The fourth-order valence-electron chi connectivity index (χ4n) is 1.67. The summed E-state index contributed by atoms with van der Waals surface area (Å²) < 4.78 is 5.19. The lowest BCUT2D eigenvalue weighted by atomic mass is 9.99. The third-order valence-electron chi connectivity index (χ3n) is 2.41. The molecule has 0 saturated heterocycles. The van der Waals surface area contributed by atoms with Crippen molar-refractivity contribution in [3.8, 4) is 0 Å². The van der Waals surface area contributed by atoms with Gasteiger partial charge in [-0.1, -0.05) is 11.6 Å². The SMILES string of the molecule is CC(=O)OC1CC=C(C)CCCC1. The molecule has 1 aliphatic carbocycles. The van der Waals surface area contributed by atoms with E-state index in [1.807, 2.05) is 0 Å². The van der Waals surface area contributed by atoms with Crippen LogP contribution in [-0.4, -0.2) is 12.1 Å². The highest BCUT2D eigenvalue weighted by atomic mass is 16.5. The van der Waals surface area contributed by atoms with Crippen molar-refractivity contribution in [3.63, 3.8) is 0 Å². The molecule has 0 fully saturated rings. The Morgan fingerprint density at radius 3 is 3.00 bits per heavy atom. The Morgan fingerprint density at radius 2 is 2.31 bits per heavy atom. The van der Waals surface area contributed by atoms with E-state index in [1.54, 1.807) is 0 Å². The molecular formula is C11H18O2. The maximum atomic E-state index is 10.7. The highest BCUT2D eigenvalue weighted by Crippen LogP contribution is 2.18. The number of rotatable bonds is 1. The summed E-state index contributed by atoms with van der Waals surface area (Å²) in [6, 6.07) is 0. The predicted octanol–water partition coefficient (Wildman–Crippen LogP) is 2.83. The summed E-state index contributed by atoms with van der Waals surface area (Å²) in [6.45, 7) is 3.63. The maximum Gasteiger partial charge on any atom is 0.302 e. The van der Waals surface area contributed by atoms with E-state index in [0.29, 0.717) is 0 Å². The first-order valence-electron chi connectivity index (χ1n) is 5.01. The minimum atomic E-state index is -0.156. The Labute approximate surface area is 80.0 Å². The summed E-state index contributed by atoms with van der Waals surface area (Å²) in [5.74, 6) is -0.156. The Kier molecular flexibility index (Phi) is 4.00. The van der Waals surface area contributed by atoms with E-state index in [4.69, 9.17) is 4.74 Å². The van der Waals surface area contributed by atoms with Crippen LogP contribution in [0, 0.1) is 0 Å². The quantitative estimate of drug-likeness (QED) is 0.460. The molecule has 0 radical (unpaired) electrons. The van der Waals surface area contributed by atoms with Gasteiger partial charge in [0.05, 0.1) is 0 Å². The zero-order chi connectivity index (χ0) is 9.68. The molecule has 1 aliphatic rings. The topological polar surface area (TPSA) is 26.3 Å². The fraction of sp³-hybridized carbons (Fsp3) is 0.727. The van der Waals surface area contributed by atoms with Crippen LogP contribution in [0.1, 0.15) is 46.0 Å². The molecule has 2 nitrogen and oxygen atoms in total. The zero-order valence-corrected chi connectivity index (χ0v) is 8.51. The highest BCUT2D eigenvalue weighted by Gasteiger charge is 2.12. The van der Waals surface area contributed by atoms with Gasteiger partial charge in [0.25, 0.3) is 0 Å². The van der Waals surface area contributed by atoms with Crippen LogP contribution in [0.4, 0.5) is 0 Å². The van der Waals surface area contributed by atoms with Gasteiger partial charge in [-0.3, -0.25) is 4.79 Å². The molecule has 1 rings (SSSR count). The summed E-state index contributed by atoms with van der Waals surface area (Å²) in [4.78, 5) is 10.7. The van der Waals surface area contributed by atoms with Crippen LogP contribution in [0.2, 0.25) is 0 Å². The van der Waals surface area contributed by atoms with Gasteiger partial charge >= 0.3 is 5.97 Å². The van der Waals surface area contributed by atoms with E-state index >= 15 is 0 Å².